The fraction of sp³-hybridized carbons (Fsp3) is 0.172. The van der Waals surface area contributed by atoms with Crippen LogP contribution in [0.4, 0.5) is 5.88 Å². The van der Waals surface area contributed by atoms with E-state index in [2.05, 4.69) is 31.9 Å². The van der Waals surface area contributed by atoms with Crippen molar-refractivity contribution in [3.05, 3.63) is 108 Å². The maximum absolute atomic E-state index is 13.6. The second-order valence-electron chi connectivity index (χ2n) is 9.19. The van der Waals surface area contributed by atoms with Gasteiger partial charge in [-0.1, -0.05) is 59.8 Å². The van der Waals surface area contributed by atoms with Crippen LogP contribution < -0.4 is 4.72 Å². The standard InChI is InChI=1S/C29H28N4O4S/c1-20-21(2)31-37-28(20)32-38(34,35)27-12-8-7-11-26(27)25-14-13-23(29-30-15-16-36-29)17-24(25)19-33(3)18-22-9-5-4-6-10-22/h4-17,32H,18-19H2,1-3H3. The number of sulfonamides is 1. The summed E-state index contributed by atoms with van der Waals surface area (Å²) in [5.74, 6) is 0.613. The lowest BCUT2D eigenvalue weighted by Gasteiger charge is -2.21. The van der Waals surface area contributed by atoms with Crippen LogP contribution in [0.3, 0.4) is 0 Å². The zero-order valence-electron chi connectivity index (χ0n) is 21.4. The Kier molecular flexibility index (Phi) is 7.13. The Balaban J connectivity index is 1.56. The lowest BCUT2D eigenvalue weighted by atomic mass is 9.96. The van der Waals surface area contributed by atoms with Crippen LogP contribution in [0.2, 0.25) is 0 Å². The van der Waals surface area contributed by atoms with Crippen LogP contribution in [0.5, 0.6) is 0 Å². The summed E-state index contributed by atoms with van der Waals surface area (Å²) in [5, 5.41) is 3.87. The molecule has 2 heterocycles. The number of anilines is 1. The van der Waals surface area contributed by atoms with Gasteiger partial charge >= 0.3 is 0 Å². The van der Waals surface area contributed by atoms with Crippen molar-refractivity contribution in [1.29, 1.82) is 0 Å². The number of hydrogen-bond acceptors (Lipinski definition) is 7. The molecule has 0 bridgehead atoms. The molecule has 9 heteroatoms. The molecular weight excluding hydrogens is 500 g/mol. The fourth-order valence-corrected chi connectivity index (χ4v) is 5.61. The van der Waals surface area contributed by atoms with Crippen LogP contribution in [0, 0.1) is 13.8 Å². The lowest BCUT2D eigenvalue weighted by Crippen LogP contribution is -2.18. The molecule has 38 heavy (non-hydrogen) atoms. The Hall–Kier alpha value is -4.21. The second-order valence-corrected chi connectivity index (χ2v) is 10.8. The largest absolute Gasteiger partial charge is 0.445 e. The molecule has 194 valence electrons. The normalized spacial score (nSPS) is 11.7. The van der Waals surface area contributed by atoms with Crippen molar-refractivity contribution >= 4 is 15.9 Å². The van der Waals surface area contributed by atoms with E-state index in [1.165, 1.54) is 11.8 Å². The highest BCUT2D eigenvalue weighted by Crippen LogP contribution is 2.34. The molecule has 0 fully saturated rings. The molecule has 2 aromatic heterocycles. The number of benzene rings is 3. The zero-order valence-corrected chi connectivity index (χ0v) is 22.2. The van der Waals surface area contributed by atoms with Crippen LogP contribution in [-0.2, 0) is 23.1 Å². The molecule has 5 rings (SSSR count). The minimum absolute atomic E-state index is 0.111. The van der Waals surface area contributed by atoms with Gasteiger partial charge in [0.15, 0.2) is 0 Å². The summed E-state index contributed by atoms with van der Waals surface area (Å²) in [5.41, 5.74) is 5.58. The van der Waals surface area contributed by atoms with Crippen molar-refractivity contribution in [3.63, 3.8) is 0 Å². The summed E-state index contributed by atoms with van der Waals surface area (Å²) in [6.45, 7) is 4.83. The van der Waals surface area contributed by atoms with E-state index in [0.717, 1.165) is 23.2 Å². The minimum Gasteiger partial charge on any atom is -0.445 e. The smallest absolute Gasteiger partial charge is 0.264 e. The van der Waals surface area contributed by atoms with Gasteiger partial charge in [-0.2, -0.15) is 0 Å². The Morgan fingerprint density at radius 1 is 0.921 bits per heavy atom. The van der Waals surface area contributed by atoms with E-state index in [-0.39, 0.29) is 10.8 Å². The first-order valence-electron chi connectivity index (χ1n) is 12.1. The van der Waals surface area contributed by atoms with Crippen LogP contribution in [0.15, 0.2) is 99.1 Å². The van der Waals surface area contributed by atoms with Crippen LogP contribution >= 0.6 is 0 Å². The van der Waals surface area contributed by atoms with Crippen molar-refractivity contribution in [2.45, 2.75) is 31.8 Å². The van der Waals surface area contributed by atoms with Crippen molar-refractivity contribution in [3.8, 4) is 22.6 Å². The molecule has 1 N–H and O–H groups in total. The topological polar surface area (TPSA) is 101 Å². The average Bonchev–Trinajstić information content (AvgIpc) is 3.56. The van der Waals surface area contributed by atoms with E-state index >= 15 is 0 Å². The van der Waals surface area contributed by atoms with Gasteiger partial charge in [-0.25, -0.2) is 18.1 Å². The van der Waals surface area contributed by atoms with Gasteiger partial charge in [-0.15, -0.1) is 0 Å². The number of aromatic nitrogens is 2. The van der Waals surface area contributed by atoms with Crippen LogP contribution in [-0.4, -0.2) is 30.5 Å². The molecule has 0 aliphatic heterocycles. The van der Waals surface area contributed by atoms with Gasteiger partial charge in [0.05, 0.1) is 16.8 Å². The van der Waals surface area contributed by atoms with Gasteiger partial charge in [0.25, 0.3) is 10.0 Å². The average molecular weight is 529 g/mol. The molecule has 5 aromatic rings. The molecule has 0 amide bonds. The molecule has 0 saturated carbocycles. The number of aryl methyl sites for hydroxylation is 1. The van der Waals surface area contributed by atoms with Gasteiger partial charge in [0, 0.05) is 29.8 Å². The van der Waals surface area contributed by atoms with Gasteiger partial charge in [0.2, 0.25) is 11.8 Å². The Morgan fingerprint density at radius 2 is 1.68 bits per heavy atom. The summed E-state index contributed by atoms with van der Waals surface area (Å²) < 4.78 is 40.4. The summed E-state index contributed by atoms with van der Waals surface area (Å²) >= 11 is 0. The molecule has 0 saturated heterocycles. The first-order valence-corrected chi connectivity index (χ1v) is 13.6. The summed E-state index contributed by atoms with van der Waals surface area (Å²) in [4.78, 5) is 6.62. The molecule has 0 atom stereocenters. The van der Waals surface area contributed by atoms with E-state index in [1.54, 1.807) is 32.2 Å². The lowest BCUT2D eigenvalue weighted by molar-refractivity contribution is 0.319. The third-order valence-corrected chi connectivity index (χ3v) is 7.76. The van der Waals surface area contributed by atoms with Crippen molar-refractivity contribution in [2.24, 2.45) is 0 Å². The highest BCUT2D eigenvalue weighted by molar-refractivity contribution is 7.92. The molecule has 0 aliphatic rings. The van der Waals surface area contributed by atoms with Crippen molar-refractivity contribution in [1.82, 2.24) is 15.0 Å². The summed E-state index contributed by atoms with van der Waals surface area (Å²) in [7, 11) is -1.94. The molecule has 0 aliphatic carbocycles. The molecular formula is C29H28N4O4S. The van der Waals surface area contributed by atoms with Gasteiger partial charge in [-0.05, 0) is 55.8 Å². The Labute approximate surface area is 222 Å². The Bertz CT molecular complexity index is 1650. The van der Waals surface area contributed by atoms with E-state index in [1.807, 2.05) is 55.6 Å². The second kappa shape index (κ2) is 10.6. The van der Waals surface area contributed by atoms with Gasteiger partial charge in [-0.3, -0.25) is 4.90 Å². The highest BCUT2D eigenvalue weighted by atomic mass is 32.2. The predicted octanol–water partition coefficient (Wildman–Crippen LogP) is 6.05. The zero-order chi connectivity index (χ0) is 26.7. The SMILES string of the molecule is Cc1noc(NS(=O)(=O)c2ccccc2-c2ccc(-c3ncco3)cc2CN(C)Cc2ccccc2)c1C. The monoisotopic (exact) mass is 528 g/mol. The first-order chi connectivity index (χ1) is 18.3. The van der Waals surface area contributed by atoms with E-state index in [9.17, 15) is 8.42 Å². The molecule has 8 nitrogen and oxygen atoms in total. The van der Waals surface area contributed by atoms with Crippen molar-refractivity contribution < 1.29 is 17.4 Å². The molecule has 0 unspecified atom stereocenters. The quantitative estimate of drug-likeness (QED) is 0.249. The van der Waals surface area contributed by atoms with E-state index in [0.29, 0.717) is 29.3 Å². The number of hydrogen-bond donors (Lipinski definition) is 1. The molecule has 0 spiro atoms. The number of oxazole rings is 1. The maximum Gasteiger partial charge on any atom is 0.264 e. The van der Waals surface area contributed by atoms with E-state index in [4.69, 9.17) is 8.94 Å². The number of nitrogens with zero attached hydrogens (tertiary/aromatic N) is 3. The van der Waals surface area contributed by atoms with Gasteiger partial charge < -0.3 is 8.94 Å². The number of rotatable bonds is 9. The summed E-state index contributed by atoms with van der Waals surface area (Å²) in [6, 6.07) is 23.0. The fourth-order valence-electron chi connectivity index (χ4n) is 4.34. The summed E-state index contributed by atoms with van der Waals surface area (Å²) in [6.07, 6.45) is 3.14. The molecule has 0 radical (unpaired) electrons. The van der Waals surface area contributed by atoms with Crippen molar-refractivity contribution in [2.75, 3.05) is 11.8 Å². The minimum atomic E-state index is -3.98. The van der Waals surface area contributed by atoms with Crippen LogP contribution in [0.25, 0.3) is 22.6 Å². The number of nitrogens with one attached hydrogen (secondary N) is 1. The first kappa shape index (κ1) is 25.4. The third kappa shape index (κ3) is 5.39. The van der Waals surface area contributed by atoms with E-state index < -0.39 is 10.0 Å². The predicted molar refractivity (Wildman–Crippen MR) is 146 cm³/mol. The Morgan fingerprint density at radius 3 is 2.39 bits per heavy atom. The highest BCUT2D eigenvalue weighted by Gasteiger charge is 2.24. The third-order valence-electron chi connectivity index (χ3n) is 6.37. The van der Waals surface area contributed by atoms with Crippen LogP contribution in [0.1, 0.15) is 22.4 Å². The molecule has 3 aromatic carbocycles. The van der Waals surface area contributed by atoms with Gasteiger partial charge in [0.1, 0.15) is 6.26 Å². The maximum atomic E-state index is 13.6.